The summed E-state index contributed by atoms with van der Waals surface area (Å²) in [6.45, 7) is 0. The molecular formula is C8H8F2N2O3. The Labute approximate surface area is 83.2 Å². The first kappa shape index (κ1) is 11.2. The first-order valence-corrected chi connectivity index (χ1v) is 3.89. The third-order valence-corrected chi connectivity index (χ3v) is 1.78. The second-order valence-corrected chi connectivity index (χ2v) is 2.80. The highest BCUT2D eigenvalue weighted by atomic mass is 19.3. The van der Waals surface area contributed by atoms with Crippen molar-refractivity contribution < 1.29 is 23.8 Å². The second kappa shape index (κ2) is 4.07. The number of nitrogens with zero attached hydrogens (tertiary/aromatic N) is 1. The fourth-order valence-electron chi connectivity index (χ4n) is 1.09. The van der Waals surface area contributed by atoms with E-state index in [2.05, 4.69) is 4.98 Å². The number of carboxylic acids is 1. The van der Waals surface area contributed by atoms with Crippen LogP contribution in [0.3, 0.4) is 0 Å². The fraction of sp³-hybridized carbons (Fsp3) is 0.250. The van der Waals surface area contributed by atoms with E-state index in [0.717, 1.165) is 6.20 Å². The number of aliphatic carboxylic acids is 1. The molecule has 0 unspecified atom stereocenters. The number of carbonyl (C=O) groups is 1. The number of aromatic hydroxyl groups is 1. The SMILES string of the molecule is Nc1ncc(C(F)F)c(CC(=O)O)c1O. The molecule has 1 rings (SSSR count). The molecule has 0 atom stereocenters. The topological polar surface area (TPSA) is 96.4 Å². The number of nitrogen functional groups attached to an aromatic ring is 1. The lowest BCUT2D eigenvalue weighted by molar-refractivity contribution is -0.136. The monoisotopic (exact) mass is 218 g/mol. The lowest BCUT2D eigenvalue weighted by Crippen LogP contribution is -2.07. The van der Waals surface area contributed by atoms with Gasteiger partial charge in [0.1, 0.15) is 0 Å². The minimum Gasteiger partial charge on any atom is -0.504 e. The molecule has 82 valence electrons. The van der Waals surface area contributed by atoms with E-state index in [1.807, 2.05) is 0 Å². The molecule has 0 aromatic carbocycles. The number of aromatic nitrogens is 1. The molecular weight excluding hydrogens is 210 g/mol. The third-order valence-electron chi connectivity index (χ3n) is 1.78. The normalized spacial score (nSPS) is 10.6. The zero-order chi connectivity index (χ0) is 11.6. The van der Waals surface area contributed by atoms with E-state index in [4.69, 9.17) is 10.8 Å². The Kier molecular flexibility index (Phi) is 3.03. The van der Waals surface area contributed by atoms with Crippen molar-refractivity contribution in [2.75, 3.05) is 5.73 Å². The van der Waals surface area contributed by atoms with E-state index >= 15 is 0 Å². The van der Waals surface area contributed by atoms with Gasteiger partial charge in [0.05, 0.1) is 6.42 Å². The van der Waals surface area contributed by atoms with Crippen LogP contribution in [0.25, 0.3) is 0 Å². The molecule has 0 radical (unpaired) electrons. The number of pyridine rings is 1. The van der Waals surface area contributed by atoms with Gasteiger partial charge in [-0.3, -0.25) is 4.79 Å². The summed E-state index contributed by atoms with van der Waals surface area (Å²) in [5.74, 6) is -2.40. The van der Waals surface area contributed by atoms with Crippen molar-refractivity contribution in [2.24, 2.45) is 0 Å². The Balaban J connectivity index is 3.28. The van der Waals surface area contributed by atoms with Crippen LogP contribution >= 0.6 is 0 Å². The van der Waals surface area contributed by atoms with Crippen LogP contribution in [0.1, 0.15) is 17.6 Å². The van der Waals surface area contributed by atoms with E-state index in [9.17, 15) is 18.7 Å². The minimum absolute atomic E-state index is 0.365. The van der Waals surface area contributed by atoms with Gasteiger partial charge in [-0.15, -0.1) is 0 Å². The van der Waals surface area contributed by atoms with Gasteiger partial charge in [-0.2, -0.15) is 0 Å². The summed E-state index contributed by atoms with van der Waals surface area (Å²) in [6.07, 6.45) is -2.87. The van der Waals surface area contributed by atoms with E-state index < -0.39 is 35.7 Å². The maximum atomic E-state index is 12.4. The Bertz CT molecular complexity index is 396. The lowest BCUT2D eigenvalue weighted by atomic mass is 10.1. The van der Waals surface area contributed by atoms with E-state index in [1.165, 1.54) is 0 Å². The summed E-state index contributed by atoms with van der Waals surface area (Å²) in [6, 6.07) is 0. The number of halogens is 2. The summed E-state index contributed by atoms with van der Waals surface area (Å²) < 4.78 is 24.8. The van der Waals surface area contributed by atoms with Gasteiger partial charge < -0.3 is 15.9 Å². The van der Waals surface area contributed by atoms with Crippen LogP contribution in [-0.2, 0) is 11.2 Å². The average Bonchev–Trinajstić information content (AvgIpc) is 2.12. The number of hydrogen-bond acceptors (Lipinski definition) is 4. The highest BCUT2D eigenvalue weighted by molar-refractivity contribution is 5.73. The number of nitrogens with two attached hydrogens (primary N) is 1. The molecule has 1 aromatic heterocycles. The van der Waals surface area contributed by atoms with E-state index in [0.29, 0.717) is 0 Å². The van der Waals surface area contributed by atoms with Crippen LogP contribution in [0.15, 0.2) is 6.20 Å². The first-order valence-electron chi connectivity index (χ1n) is 3.89. The van der Waals surface area contributed by atoms with Crippen molar-refractivity contribution in [2.45, 2.75) is 12.8 Å². The van der Waals surface area contributed by atoms with Gasteiger partial charge in [0.25, 0.3) is 6.43 Å². The molecule has 0 saturated carbocycles. The summed E-state index contributed by atoms with van der Waals surface area (Å²) >= 11 is 0. The molecule has 0 saturated heterocycles. The standard InChI is InChI=1S/C8H8F2N2O3/c9-7(10)4-2-12-8(11)6(15)3(4)1-5(13)14/h2,7,15H,1H2,(H2,11,12)(H,13,14). The quantitative estimate of drug-likeness (QED) is 0.701. The molecule has 0 aliphatic carbocycles. The van der Waals surface area contributed by atoms with E-state index in [1.54, 1.807) is 0 Å². The minimum atomic E-state index is -2.90. The predicted molar refractivity (Wildman–Crippen MR) is 46.6 cm³/mol. The van der Waals surface area contributed by atoms with Crippen molar-refractivity contribution in [3.63, 3.8) is 0 Å². The number of rotatable bonds is 3. The van der Waals surface area contributed by atoms with Gasteiger partial charge in [-0.25, -0.2) is 13.8 Å². The zero-order valence-electron chi connectivity index (χ0n) is 7.44. The molecule has 15 heavy (non-hydrogen) atoms. The van der Waals surface area contributed by atoms with Gasteiger partial charge in [0, 0.05) is 17.3 Å². The van der Waals surface area contributed by atoms with Crippen molar-refractivity contribution in [3.8, 4) is 5.75 Å². The smallest absolute Gasteiger partial charge is 0.307 e. The van der Waals surface area contributed by atoms with Gasteiger partial charge in [-0.05, 0) is 0 Å². The summed E-state index contributed by atoms with van der Waals surface area (Å²) in [5.41, 5.74) is 4.15. The summed E-state index contributed by atoms with van der Waals surface area (Å²) in [7, 11) is 0. The van der Waals surface area contributed by atoms with Crippen LogP contribution in [0.4, 0.5) is 14.6 Å². The largest absolute Gasteiger partial charge is 0.504 e. The molecule has 0 aliphatic heterocycles. The van der Waals surface area contributed by atoms with Crippen molar-refractivity contribution in [1.82, 2.24) is 4.98 Å². The lowest BCUT2D eigenvalue weighted by Gasteiger charge is -2.09. The maximum Gasteiger partial charge on any atom is 0.307 e. The van der Waals surface area contributed by atoms with Crippen LogP contribution in [0.5, 0.6) is 5.75 Å². The van der Waals surface area contributed by atoms with Crippen LogP contribution in [-0.4, -0.2) is 21.2 Å². The van der Waals surface area contributed by atoms with Gasteiger partial charge in [0.15, 0.2) is 11.6 Å². The maximum absolute atomic E-state index is 12.4. The highest BCUT2D eigenvalue weighted by Gasteiger charge is 2.20. The zero-order valence-corrected chi connectivity index (χ0v) is 7.44. The molecule has 0 bridgehead atoms. The van der Waals surface area contributed by atoms with Crippen molar-refractivity contribution >= 4 is 11.8 Å². The molecule has 1 heterocycles. The van der Waals surface area contributed by atoms with Crippen LogP contribution in [0, 0.1) is 0 Å². The Hall–Kier alpha value is -1.92. The number of anilines is 1. The van der Waals surface area contributed by atoms with Crippen LogP contribution < -0.4 is 5.73 Å². The molecule has 0 fully saturated rings. The highest BCUT2D eigenvalue weighted by Crippen LogP contribution is 2.32. The molecule has 0 amide bonds. The Morgan fingerprint density at radius 3 is 2.67 bits per heavy atom. The molecule has 1 aromatic rings. The molecule has 0 spiro atoms. The summed E-state index contributed by atoms with van der Waals surface area (Å²) in [4.78, 5) is 13.7. The van der Waals surface area contributed by atoms with Crippen molar-refractivity contribution in [3.05, 3.63) is 17.3 Å². The van der Waals surface area contributed by atoms with Gasteiger partial charge in [-0.1, -0.05) is 0 Å². The van der Waals surface area contributed by atoms with Gasteiger partial charge >= 0.3 is 5.97 Å². The summed E-state index contributed by atoms with van der Waals surface area (Å²) in [5, 5.41) is 17.8. The fourth-order valence-corrected chi connectivity index (χ4v) is 1.09. The number of alkyl halides is 2. The molecule has 4 N–H and O–H groups in total. The first-order chi connectivity index (χ1) is 6.93. The molecule has 7 heteroatoms. The Morgan fingerprint density at radius 1 is 1.60 bits per heavy atom. The van der Waals surface area contributed by atoms with Crippen molar-refractivity contribution in [1.29, 1.82) is 0 Å². The predicted octanol–water partition coefficient (Wildman–Crippen LogP) is 0.934. The average molecular weight is 218 g/mol. The van der Waals surface area contributed by atoms with Crippen LogP contribution in [0.2, 0.25) is 0 Å². The Morgan fingerprint density at radius 2 is 2.20 bits per heavy atom. The number of carboxylic acid groups (broad SMARTS) is 1. The molecule has 0 aliphatic rings. The second-order valence-electron chi connectivity index (χ2n) is 2.80. The number of hydrogen-bond donors (Lipinski definition) is 3. The molecule has 5 nitrogen and oxygen atoms in total. The third kappa shape index (κ3) is 2.30. The van der Waals surface area contributed by atoms with Gasteiger partial charge in [0.2, 0.25) is 0 Å². The van der Waals surface area contributed by atoms with E-state index in [-0.39, 0.29) is 5.82 Å².